The van der Waals surface area contributed by atoms with Crippen molar-refractivity contribution in [3.05, 3.63) is 105 Å². The van der Waals surface area contributed by atoms with Crippen molar-refractivity contribution in [3.63, 3.8) is 0 Å². The van der Waals surface area contributed by atoms with E-state index in [2.05, 4.69) is 15.9 Å². The molecule has 0 aliphatic carbocycles. The summed E-state index contributed by atoms with van der Waals surface area (Å²) in [5, 5.41) is 10.8. The fourth-order valence-electron chi connectivity index (χ4n) is 3.89. The number of allylic oxidation sites excluding steroid dienone is 1. The number of amides is 1. The number of rotatable bonds is 9. The summed E-state index contributed by atoms with van der Waals surface area (Å²) in [5.41, 5.74) is 1.16. The highest BCUT2D eigenvalue weighted by atomic mass is 79.9. The normalized spacial score (nSPS) is 14.3. The van der Waals surface area contributed by atoms with Crippen molar-refractivity contribution in [1.82, 2.24) is 9.21 Å². The Morgan fingerprint density at radius 3 is 2.21 bits per heavy atom. The molecule has 1 aliphatic rings. The van der Waals surface area contributed by atoms with E-state index >= 15 is 0 Å². The molecule has 1 fully saturated rings. The van der Waals surface area contributed by atoms with E-state index in [-0.39, 0.29) is 55.1 Å². The van der Waals surface area contributed by atoms with E-state index in [0.29, 0.717) is 11.3 Å². The molecule has 3 aromatic rings. The maximum atomic E-state index is 12.9. The van der Waals surface area contributed by atoms with Gasteiger partial charge in [0.2, 0.25) is 10.0 Å². The Hall–Kier alpha value is -3.87. The number of nitrogens with zero attached hydrogens (tertiary/aromatic N) is 3. The topological polar surface area (TPSA) is 127 Å². The molecule has 0 radical (unpaired) electrons. The summed E-state index contributed by atoms with van der Waals surface area (Å²) in [4.78, 5) is 36.8. The number of sulfonamides is 1. The maximum Gasteiger partial charge on any atom is 0.269 e. The van der Waals surface area contributed by atoms with Gasteiger partial charge in [0.25, 0.3) is 11.6 Å². The van der Waals surface area contributed by atoms with Crippen LogP contribution in [0, 0.1) is 10.1 Å². The van der Waals surface area contributed by atoms with Crippen LogP contribution < -0.4 is 4.74 Å². The van der Waals surface area contributed by atoms with Gasteiger partial charge in [-0.3, -0.25) is 19.7 Å². The molecule has 0 bridgehead atoms. The Balaban J connectivity index is 1.26. The van der Waals surface area contributed by atoms with Gasteiger partial charge < -0.3 is 9.64 Å². The van der Waals surface area contributed by atoms with Crippen molar-refractivity contribution in [3.8, 4) is 5.75 Å². The first kappa shape index (κ1) is 28.1. The minimum Gasteiger partial charge on any atom is -0.484 e. The third kappa shape index (κ3) is 6.96. The van der Waals surface area contributed by atoms with Crippen LogP contribution in [0.3, 0.4) is 0 Å². The van der Waals surface area contributed by atoms with Crippen LogP contribution in [0.5, 0.6) is 5.75 Å². The molecule has 0 spiro atoms. The monoisotopic (exact) mass is 613 g/mol. The number of hydrogen-bond acceptors (Lipinski definition) is 7. The van der Waals surface area contributed by atoms with E-state index in [0.717, 1.165) is 22.2 Å². The Morgan fingerprint density at radius 2 is 1.59 bits per heavy atom. The van der Waals surface area contributed by atoms with Crippen LogP contribution in [0.2, 0.25) is 0 Å². The van der Waals surface area contributed by atoms with Crippen LogP contribution in [-0.2, 0) is 14.8 Å². The van der Waals surface area contributed by atoms with Crippen molar-refractivity contribution < 1.29 is 27.7 Å². The van der Waals surface area contributed by atoms with Gasteiger partial charge in [0.15, 0.2) is 12.4 Å². The molecular weight excluding hydrogens is 590 g/mol. The molecule has 1 saturated heterocycles. The molecule has 202 valence electrons. The molecule has 1 heterocycles. The van der Waals surface area contributed by atoms with Gasteiger partial charge in [-0.25, -0.2) is 8.42 Å². The predicted octanol–water partition coefficient (Wildman–Crippen LogP) is 4.17. The number of hydrogen-bond donors (Lipinski definition) is 0. The molecule has 0 saturated carbocycles. The minimum atomic E-state index is -3.84. The fourth-order valence-corrected chi connectivity index (χ4v) is 5.73. The zero-order valence-corrected chi connectivity index (χ0v) is 23.0. The van der Waals surface area contributed by atoms with Crippen LogP contribution in [0.15, 0.2) is 88.2 Å². The molecule has 3 aromatic carbocycles. The number of piperazine rings is 1. The van der Waals surface area contributed by atoms with Crippen LogP contribution in [0.1, 0.15) is 15.9 Å². The van der Waals surface area contributed by atoms with Crippen molar-refractivity contribution in [2.75, 3.05) is 32.8 Å². The molecule has 4 rings (SSSR count). The Kier molecular flexibility index (Phi) is 8.90. The van der Waals surface area contributed by atoms with Crippen LogP contribution in [0.25, 0.3) is 6.08 Å². The number of nitro groups is 1. The summed E-state index contributed by atoms with van der Waals surface area (Å²) >= 11 is 3.44. The van der Waals surface area contributed by atoms with Crippen LogP contribution in [0.4, 0.5) is 5.69 Å². The van der Waals surface area contributed by atoms with Crippen molar-refractivity contribution in [2.24, 2.45) is 0 Å². The summed E-state index contributed by atoms with van der Waals surface area (Å²) < 4.78 is 33.4. The number of nitro benzene ring substituents is 1. The molecule has 1 amide bonds. The number of non-ortho nitro benzene ring substituents is 1. The highest BCUT2D eigenvalue weighted by Crippen LogP contribution is 2.21. The Labute approximate surface area is 233 Å². The van der Waals surface area contributed by atoms with Gasteiger partial charge in [-0.05, 0) is 60.2 Å². The van der Waals surface area contributed by atoms with E-state index in [4.69, 9.17) is 4.74 Å². The van der Waals surface area contributed by atoms with E-state index in [9.17, 15) is 28.1 Å². The number of ether oxygens (including phenoxy) is 1. The highest BCUT2D eigenvalue weighted by molar-refractivity contribution is 9.10. The zero-order chi connectivity index (χ0) is 28.0. The SMILES string of the molecule is O=C(C=Cc1ccccc1Br)c1ccc(OCC(=O)N2CCN(S(=O)(=O)c3ccc([N+](=O)[O-])cc3)CC2)cc1. The molecule has 0 unspecified atom stereocenters. The van der Waals surface area contributed by atoms with E-state index in [1.165, 1.54) is 27.4 Å². The average Bonchev–Trinajstić information content (AvgIpc) is 2.95. The smallest absolute Gasteiger partial charge is 0.269 e. The predicted molar refractivity (Wildman–Crippen MR) is 148 cm³/mol. The molecular formula is C27H24BrN3O7S. The maximum absolute atomic E-state index is 12.9. The lowest BCUT2D eigenvalue weighted by atomic mass is 10.1. The Morgan fingerprint density at radius 1 is 0.949 bits per heavy atom. The van der Waals surface area contributed by atoms with Gasteiger partial charge >= 0.3 is 0 Å². The number of carbonyl (C=O) groups excluding carboxylic acids is 2. The minimum absolute atomic E-state index is 0.0402. The fraction of sp³-hybridized carbons (Fsp3) is 0.185. The van der Waals surface area contributed by atoms with E-state index in [1.54, 1.807) is 30.3 Å². The van der Waals surface area contributed by atoms with Gasteiger partial charge in [0.1, 0.15) is 5.75 Å². The number of benzene rings is 3. The van der Waals surface area contributed by atoms with Crippen molar-refractivity contribution in [1.29, 1.82) is 0 Å². The van der Waals surface area contributed by atoms with E-state index < -0.39 is 14.9 Å². The summed E-state index contributed by atoms with van der Waals surface area (Å²) in [7, 11) is -3.84. The first-order valence-electron chi connectivity index (χ1n) is 11.9. The van der Waals surface area contributed by atoms with E-state index in [1.807, 2.05) is 24.3 Å². The summed E-state index contributed by atoms with van der Waals surface area (Å²) in [5.74, 6) is -0.0390. The highest BCUT2D eigenvalue weighted by Gasteiger charge is 2.30. The second-order valence-electron chi connectivity index (χ2n) is 8.57. The number of ketones is 1. The molecule has 39 heavy (non-hydrogen) atoms. The molecule has 0 aromatic heterocycles. The average molecular weight is 614 g/mol. The second-order valence-corrected chi connectivity index (χ2v) is 11.4. The van der Waals surface area contributed by atoms with Gasteiger partial charge in [-0.2, -0.15) is 4.31 Å². The largest absolute Gasteiger partial charge is 0.484 e. The Bertz CT molecular complexity index is 1500. The van der Waals surface area contributed by atoms with Gasteiger partial charge in [-0.1, -0.05) is 34.1 Å². The first-order valence-corrected chi connectivity index (χ1v) is 14.1. The molecule has 1 aliphatic heterocycles. The number of halogens is 1. The van der Waals surface area contributed by atoms with Crippen LogP contribution >= 0.6 is 15.9 Å². The second kappa shape index (κ2) is 12.3. The van der Waals surface area contributed by atoms with Crippen molar-refractivity contribution >= 4 is 49.4 Å². The first-order chi connectivity index (χ1) is 18.6. The van der Waals surface area contributed by atoms with Gasteiger partial charge in [0, 0.05) is 48.3 Å². The summed E-state index contributed by atoms with van der Waals surface area (Å²) in [6, 6.07) is 18.7. The quantitative estimate of drug-likeness (QED) is 0.153. The number of carbonyl (C=O) groups is 2. The lowest BCUT2D eigenvalue weighted by Gasteiger charge is -2.33. The lowest BCUT2D eigenvalue weighted by Crippen LogP contribution is -2.51. The summed E-state index contributed by atoms with van der Waals surface area (Å²) in [6.45, 7) is 0.325. The lowest BCUT2D eigenvalue weighted by molar-refractivity contribution is -0.384. The summed E-state index contributed by atoms with van der Waals surface area (Å²) in [6.07, 6.45) is 3.22. The molecule has 10 nitrogen and oxygen atoms in total. The van der Waals surface area contributed by atoms with Gasteiger partial charge in [0.05, 0.1) is 9.82 Å². The third-order valence-electron chi connectivity index (χ3n) is 6.10. The van der Waals surface area contributed by atoms with Crippen LogP contribution in [-0.4, -0.2) is 67.0 Å². The van der Waals surface area contributed by atoms with Gasteiger partial charge in [-0.15, -0.1) is 0 Å². The zero-order valence-electron chi connectivity index (χ0n) is 20.6. The van der Waals surface area contributed by atoms with Crippen molar-refractivity contribution in [2.45, 2.75) is 4.90 Å². The standard InChI is InChI=1S/C27H24BrN3O7S/c28-25-4-2-1-3-20(25)7-14-26(32)21-5-10-23(11-6-21)38-19-27(33)29-15-17-30(18-16-29)39(36,37)24-12-8-22(9-13-24)31(34)35/h1-14H,15-19H2. The molecule has 0 N–H and O–H groups in total. The third-order valence-corrected chi connectivity index (χ3v) is 8.73. The molecule has 0 atom stereocenters. The molecule has 12 heteroatoms.